The summed E-state index contributed by atoms with van der Waals surface area (Å²) in [6.07, 6.45) is 0. The highest BCUT2D eigenvalue weighted by Gasteiger charge is 2.32. The molecule has 0 radical (unpaired) electrons. The summed E-state index contributed by atoms with van der Waals surface area (Å²) in [5, 5.41) is 13.0. The molecule has 1 atom stereocenters. The number of aliphatic hydroxyl groups is 1. The Labute approximate surface area is 124 Å². The van der Waals surface area contributed by atoms with Gasteiger partial charge in [-0.15, -0.1) is 0 Å². The van der Waals surface area contributed by atoms with Crippen LogP contribution in [0.2, 0.25) is 0 Å². The molecule has 0 fully saturated rings. The summed E-state index contributed by atoms with van der Waals surface area (Å²) in [4.78, 5) is 0. The van der Waals surface area contributed by atoms with Gasteiger partial charge in [-0.3, -0.25) is 0 Å². The van der Waals surface area contributed by atoms with Gasteiger partial charge < -0.3 is 15.2 Å². The predicted molar refractivity (Wildman–Crippen MR) is 82.2 cm³/mol. The lowest BCUT2D eigenvalue weighted by Gasteiger charge is -2.32. The number of aryl methyl sites for hydroxylation is 1. The van der Waals surface area contributed by atoms with Crippen LogP contribution in [0.3, 0.4) is 0 Å². The summed E-state index contributed by atoms with van der Waals surface area (Å²) in [5.41, 5.74) is 1.24. The van der Waals surface area contributed by atoms with E-state index in [9.17, 15) is 9.50 Å². The van der Waals surface area contributed by atoms with Crippen molar-refractivity contribution in [2.75, 3.05) is 19.0 Å². The molecular formula is C17H20FNO2. The van der Waals surface area contributed by atoms with Crippen LogP contribution in [0.1, 0.15) is 18.1 Å². The summed E-state index contributed by atoms with van der Waals surface area (Å²) < 4.78 is 19.5. The molecule has 0 bridgehead atoms. The highest BCUT2D eigenvalue weighted by molar-refractivity contribution is 5.52. The van der Waals surface area contributed by atoms with E-state index in [-0.39, 0.29) is 6.61 Å². The number of aliphatic hydroxyl groups excluding tert-OH is 1. The Morgan fingerprint density at radius 1 is 1.24 bits per heavy atom. The molecule has 0 saturated heterocycles. The van der Waals surface area contributed by atoms with E-state index in [0.29, 0.717) is 11.3 Å². The summed E-state index contributed by atoms with van der Waals surface area (Å²) in [5.74, 6) is -0.00208. The van der Waals surface area contributed by atoms with Crippen LogP contribution in [-0.4, -0.2) is 18.8 Å². The molecular weight excluding hydrogens is 269 g/mol. The number of rotatable bonds is 5. The van der Waals surface area contributed by atoms with Crippen LogP contribution in [0.5, 0.6) is 5.75 Å². The first kappa shape index (κ1) is 15.3. The molecule has 0 saturated carbocycles. The topological polar surface area (TPSA) is 41.5 Å². The van der Waals surface area contributed by atoms with Gasteiger partial charge in [-0.25, -0.2) is 4.39 Å². The molecule has 0 heterocycles. The normalized spacial score (nSPS) is 13.6. The molecule has 2 rings (SSSR count). The van der Waals surface area contributed by atoms with E-state index in [0.717, 1.165) is 11.3 Å². The van der Waals surface area contributed by atoms with Gasteiger partial charge in [0.1, 0.15) is 11.6 Å². The third kappa shape index (κ3) is 3.16. The zero-order valence-corrected chi connectivity index (χ0v) is 12.5. The largest absolute Gasteiger partial charge is 0.496 e. The molecule has 2 aromatic rings. The van der Waals surface area contributed by atoms with Crippen LogP contribution in [0.15, 0.2) is 42.5 Å². The van der Waals surface area contributed by atoms with E-state index in [1.807, 2.05) is 31.2 Å². The second-order valence-electron chi connectivity index (χ2n) is 5.30. The van der Waals surface area contributed by atoms with E-state index in [2.05, 4.69) is 5.32 Å². The molecule has 2 aromatic carbocycles. The first-order valence-corrected chi connectivity index (χ1v) is 6.79. The fourth-order valence-electron chi connectivity index (χ4n) is 2.43. The van der Waals surface area contributed by atoms with Crippen molar-refractivity contribution < 1.29 is 14.2 Å². The Bertz CT molecular complexity index is 630. The highest BCUT2D eigenvalue weighted by atomic mass is 19.1. The monoisotopic (exact) mass is 289 g/mol. The summed E-state index contributed by atoms with van der Waals surface area (Å²) >= 11 is 0. The van der Waals surface area contributed by atoms with Crippen molar-refractivity contribution in [3.63, 3.8) is 0 Å². The number of halogens is 1. The summed E-state index contributed by atoms with van der Waals surface area (Å²) in [6.45, 7) is 3.46. The number of hydrogen-bond acceptors (Lipinski definition) is 3. The molecule has 1 unspecified atom stereocenters. The Morgan fingerprint density at radius 3 is 2.57 bits per heavy atom. The van der Waals surface area contributed by atoms with Crippen LogP contribution in [0.4, 0.5) is 10.1 Å². The zero-order chi connectivity index (χ0) is 15.5. The zero-order valence-electron chi connectivity index (χ0n) is 12.5. The van der Waals surface area contributed by atoms with Crippen molar-refractivity contribution >= 4 is 5.69 Å². The van der Waals surface area contributed by atoms with Gasteiger partial charge in [-0.1, -0.05) is 18.2 Å². The van der Waals surface area contributed by atoms with Crippen molar-refractivity contribution in [2.45, 2.75) is 19.4 Å². The Hall–Kier alpha value is -2.07. The highest BCUT2D eigenvalue weighted by Crippen LogP contribution is 2.34. The maximum Gasteiger partial charge on any atom is 0.132 e. The lowest BCUT2D eigenvalue weighted by Crippen LogP contribution is -2.37. The smallest absolute Gasteiger partial charge is 0.132 e. The Kier molecular flexibility index (Phi) is 4.48. The summed E-state index contributed by atoms with van der Waals surface area (Å²) in [6, 6.07) is 12.4. The predicted octanol–water partition coefficient (Wildman–Crippen LogP) is 3.46. The molecule has 4 heteroatoms. The second-order valence-corrected chi connectivity index (χ2v) is 5.30. The third-order valence-corrected chi connectivity index (χ3v) is 3.50. The first-order chi connectivity index (χ1) is 10.00. The molecule has 0 aliphatic rings. The third-order valence-electron chi connectivity index (χ3n) is 3.50. The molecule has 0 spiro atoms. The average molecular weight is 289 g/mol. The lowest BCUT2D eigenvalue weighted by molar-refractivity contribution is 0.216. The summed E-state index contributed by atoms with van der Waals surface area (Å²) in [7, 11) is 1.49. The van der Waals surface area contributed by atoms with E-state index in [1.54, 1.807) is 19.1 Å². The molecule has 0 amide bonds. The fraction of sp³-hybridized carbons (Fsp3) is 0.294. The quantitative estimate of drug-likeness (QED) is 0.885. The molecule has 0 aliphatic heterocycles. The van der Waals surface area contributed by atoms with Crippen LogP contribution >= 0.6 is 0 Å². The van der Waals surface area contributed by atoms with Crippen LogP contribution in [0, 0.1) is 12.7 Å². The van der Waals surface area contributed by atoms with Gasteiger partial charge in [-0.05, 0) is 43.7 Å². The average Bonchev–Trinajstić information content (AvgIpc) is 2.46. The van der Waals surface area contributed by atoms with E-state index < -0.39 is 11.4 Å². The minimum Gasteiger partial charge on any atom is -0.496 e. The molecule has 3 nitrogen and oxygen atoms in total. The van der Waals surface area contributed by atoms with Crippen molar-refractivity contribution in [2.24, 2.45) is 0 Å². The van der Waals surface area contributed by atoms with Crippen LogP contribution < -0.4 is 10.1 Å². The van der Waals surface area contributed by atoms with E-state index >= 15 is 0 Å². The van der Waals surface area contributed by atoms with Crippen LogP contribution in [0.25, 0.3) is 0 Å². The Balaban J connectivity index is 2.46. The van der Waals surface area contributed by atoms with E-state index in [4.69, 9.17) is 4.74 Å². The maximum absolute atomic E-state index is 14.3. The van der Waals surface area contributed by atoms with Crippen LogP contribution in [-0.2, 0) is 5.54 Å². The van der Waals surface area contributed by atoms with Gasteiger partial charge in [0.15, 0.2) is 0 Å². The SMILES string of the molecule is COc1cccc(F)c1C(C)(CO)Nc1cccc(C)c1. The number of benzene rings is 2. The van der Waals surface area contributed by atoms with Gasteiger partial charge in [-0.2, -0.15) is 0 Å². The minimum absolute atomic E-state index is 0.266. The second kappa shape index (κ2) is 6.14. The molecule has 21 heavy (non-hydrogen) atoms. The number of nitrogens with one attached hydrogen (secondary N) is 1. The maximum atomic E-state index is 14.3. The molecule has 0 aliphatic carbocycles. The molecule has 0 aromatic heterocycles. The van der Waals surface area contributed by atoms with Crippen molar-refractivity contribution in [3.8, 4) is 5.75 Å². The number of anilines is 1. The van der Waals surface area contributed by atoms with Crippen molar-refractivity contribution in [3.05, 3.63) is 59.4 Å². The number of hydrogen-bond donors (Lipinski definition) is 2. The van der Waals surface area contributed by atoms with Crippen molar-refractivity contribution in [1.82, 2.24) is 0 Å². The Morgan fingerprint density at radius 2 is 1.95 bits per heavy atom. The van der Waals surface area contributed by atoms with Gasteiger partial charge in [0.25, 0.3) is 0 Å². The first-order valence-electron chi connectivity index (χ1n) is 6.79. The molecule has 112 valence electrons. The lowest BCUT2D eigenvalue weighted by atomic mass is 9.90. The van der Waals surface area contributed by atoms with Gasteiger partial charge in [0.2, 0.25) is 0 Å². The minimum atomic E-state index is -0.982. The van der Waals surface area contributed by atoms with Gasteiger partial charge >= 0.3 is 0 Å². The van der Waals surface area contributed by atoms with E-state index in [1.165, 1.54) is 13.2 Å². The number of methoxy groups -OCH3 is 1. The van der Waals surface area contributed by atoms with Gasteiger partial charge in [0.05, 0.1) is 24.8 Å². The molecule has 2 N–H and O–H groups in total. The number of ether oxygens (including phenoxy) is 1. The fourth-order valence-corrected chi connectivity index (χ4v) is 2.43. The van der Waals surface area contributed by atoms with Crippen molar-refractivity contribution in [1.29, 1.82) is 0 Å². The standard InChI is InChI=1S/C17H20FNO2/c1-12-6-4-7-13(10-12)19-17(2,11-20)16-14(18)8-5-9-15(16)21-3/h4-10,19-20H,11H2,1-3H3. The van der Waals surface area contributed by atoms with Gasteiger partial charge in [0, 0.05) is 5.69 Å².